The van der Waals surface area contributed by atoms with Crippen molar-refractivity contribution in [2.45, 2.75) is 33.8 Å². The fourth-order valence-corrected chi connectivity index (χ4v) is 4.54. The van der Waals surface area contributed by atoms with E-state index in [2.05, 4.69) is 18.0 Å². The molecule has 40 heavy (non-hydrogen) atoms. The normalized spacial score (nSPS) is 14.1. The third-order valence-corrected chi connectivity index (χ3v) is 6.21. The van der Waals surface area contributed by atoms with Gasteiger partial charge in [0.1, 0.15) is 12.2 Å². The van der Waals surface area contributed by atoms with E-state index in [0.29, 0.717) is 46.9 Å². The summed E-state index contributed by atoms with van der Waals surface area (Å²) in [7, 11) is 0. The Morgan fingerprint density at radius 3 is 2.40 bits per heavy atom. The summed E-state index contributed by atoms with van der Waals surface area (Å²) in [6.07, 6.45) is 3.56. The Bertz CT molecular complexity index is 1560. The van der Waals surface area contributed by atoms with Crippen LogP contribution in [0.25, 0.3) is 6.08 Å². The maximum atomic E-state index is 13.5. The third kappa shape index (κ3) is 5.94. The largest absolute Gasteiger partial charge is 0.490 e. The number of anilines is 1. The van der Waals surface area contributed by atoms with Gasteiger partial charge in [-0.05, 0) is 80.3 Å². The number of urea groups is 1. The van der Waals surface area contributed by atoms with E-state index in [9.17, 15) is 19.6 Å². The summed E-state index contributed by atoms with van der Waals surface area (Å²) < 4.78 is 12.0. The Morgan fingerprint density at radius 1 is 1.00 bits per heavy atom. The number of allylic oxidation sites excluding steroid dienone is 1. The number of amides is 4. The van der Waals surface area contributed by atoms with Gasteiger partial charge in [0.25, 0.3) is 11.8 Å². The molecule has 0 atom stereocenters. The highest BCUT2D eigenvalue weighted by molar-refractivity contribution is 6.39. The number of carbonyl (C=O) groups excluding carboxylic acids is 3. The molecule has 1 fully saturated rings. The minimum absolute atomic E-state index is 0.141. The maximum Gasteiger partial charge on any atom is 0.335 e. The average Bonchev–Trinajstić information content (AvgIpc) is 2.90. The molecule has 0 radical (unpaired) electrons. The van der Waals surface area contributed by atoms with Gasteiger partial charge in [0, 0.05) is 11.1 Å². The SMILES string of the molecule is C=CCc1cc(/C=C2\C(=O)NC(=O)N(c3cc(C)cc(C)c3)C2=O)cc(OCC)c1OCc1ccccc1C#N. The highest BCUT2D eigenvalue weighted by Gasteiger charge is 2.37. The molecule has 0 spiro atoms. The fourth-order valence-electron chi connectivity index (χ4n) is 4.54. The number of nitrogens with zero attached hydrogens (tertiary/aromatic N) is 2. The van der Waals surface area contributed by atoms with E-state index in [1.54, 1.807) is 42.5 Å². The molecule has 1 aliphatic rings. The molecule has 8 nitrogen and oxygen atoms in total. The second-order valence-electron chi connectivity index (χ2n) is 9.29. The van der Waals surface area contributed by atoms with Crippen LogP contribution in [-0.4, -0.2) is 24.5 Å². The molecule has 1 saturated heterocycles. The van der Waals surface area contributed by atoms with Gasteiger partial charge >= 0.3 is 6.03 Å². The van der Waals surface area contributed by atoms with Crippen LogP contribution in [-0.2, 0) is 22.6 Å². The lowest BCUT2D eigenvalue weighted by Gasteiger charge is -2.27. The van der Waals surface area contributed by atoms with E-state index < -0.39 is 17.8 Å². The van der Waals surface area contributed by atoms with Gasteiger partial charge in [-0.25, -0.2) is 9.69 Å². The number of imide groups is 2. The molecular weight excluding hydrogens is 506 g/mol. The van der Waals surface area contributed by atoms with Crippen LogP contribution in [0, 0.1) is 25.2 Å². The predicted octanol–water partition coefficient (Wildman–Crippen LogP) is 5.55. The van der Waals surface area contributed by atoms with Crippen molar-refractivity contribution >= 4 is 29.6 Å². The number of barbiturate groups is 1. The lowest BCUT2D eigenvalue weighted by Crippen LogP contribution is -2.54. The van der Waals surface area contributed by atoms with E-state index in [1.807, 2.05) is 39.0 Å². The summed E-state index contributed by atoms with van der Waals surface area (Å²) in [6, 6.07) is 17.3. The first kappa shape index (κ1) is 27.9. The Morgan fingerprint density at radius 2 is 1.73 bits per heavy atom. The number of benzene rings is 3. The summed E-state index contributed by atoms with van der Waals surface area (Å²) in [5, 5.41) is 11.7. The second kappa shape index (κ2) is 12.1. The summed E-state index contributed by atoms with van der Waals surface area (Å²) in [4.78, 5) is 39.9. The third-order valence-electron chi connectivity index (χ3n) is 6.21. The van der Waals surface area contributed by atoms with Gasteiger partial charge in [-0.3, -0.25) is 14.9 Å². The van der Waals surface area contributed by atoms with Crippen molar-refractivity contribution in [1.82, 2.24) is 5.32 Å². The van der Waals surface area contributed by atoms with Crippen molar-refractivity contribution in [2.24, 2.45) is 0 Å². The number of rotatable bonds is 9. The molecule has 1 N–H and O–H groups in total. The summed E-state index contributed by atoms with van der Waals surface area (Å²) in [6.45, 7) is 9.88. The number of hydrogen-bond acceptors (Lipinski definition) is 6. The second-order valence-corrected chi connectivity index (χ2v) is 9.29. The van der Waals surface area contributed by atoms with E-state index in [4.69, 9.17) is 9.47 Å². The highest BCUT2D eigenvalue weighted by Crippen LogP contribution is 2.36. The molecule has 8 heteroatoms. The Labute approximate surface area is 233 Å². The minimum Gasteiger partial charge on any atom is -0.490 e. The van der Waals surface area contributed by atoms with Crippen LogP contribution >= 0.6 is 0 Å². The van der Waals surface area contributed by atoms with Crippen LogP contribution in [0.5, 0.6) is 11.5 Å². The number of nitrogens with one attached hydrogen (secondary N) is 1. The fraction of sp³-hybridized carbons (Fsp3) is 0.188. The van der Waals surface area contributed by atoms with Crippen molar-refractivity contribution in [3.8, 4) is 17.6 Å². The van der Waals surface area contributed by atoms with Crippen molar-refractivity contribution in [1.29, 1.82) is 5.26 Å². The molecule has 0 bridgehead atoms. The number of hydrogen-bond donors (Lipinski definition) is 1. The molecule has 3 aromatic rings. The van der Waals surface area contributed by atoms with E-state index in [0.717, 1.165) is 21.6 Å². The van der Waals surface area contributed by atoms with Crippen molar-refractivity contribution in [3.63, 3.8) is 0 Å². The average molecular weight is 536 g/mol. The summed E-state index contributed by atoms with van der Waals surface area (Å²) in [5.74, 6) is -0.625. The zero-order valence-corrected chi connectivity index (χ0v) is 22.6. The number of ether oxygens (including phenoxy) is 2. The van der Waals surface area contributed by atoms with Gasteiger partial charge < -0.3 is 9.47 Å². The Balaban J connectivity index is 1.74. The molecule has 4 amide bonds. The lowest BCUT2D eigenvalue weighted by molar-refractivity contribution is -0.122. The van der Waals surface area contributed by atoms with Gasteiger partial charge in [0.2, 0.25) is 0 Å². The van der Waals surface area contributed by atoms with Crippen LogP contribution in [0.4, 0.5) is 10.5 Å². The predicted molar refractivity (Wildman–Crippen MR) is 152 cm³/mol. The molecule has 1 aliphatic heterocycles. The molecule has 202 valence electrons. The molecule has 0 unspecified atom stereocenters. The van der Waals surface area contributed by atoms with E-state index in [-0.39, 0.29) is 12.2 Å². The van der Waals surface area contributed by atoms with Crippen LogP contribution in [0.3, 0.4) is 0 Å². The van der Waals surface area contributed by atoms with Gasteiger partial charge in [-0.2, -0.15) is 5.26 Å². The Kier molecular flexibility index (Phi) is 8.45. The first-order valence-corrected chi connectivity index (χ1v) is 12.8. The van der Waals surface area contributed by atoms with Crippen molar-refractivity contribution < 1.29 is 23.9 Å². The van der Waals surface area contributed by atoms with Crippen LogP contribution < -0.4 is 19.7 Å². The van der Waals surface area contributed by atoms with Gasteiger partial charge in [-0.1, -0.05) is 30.3 Å². The zero-order valence-electron chi connectivity index (χ0n) is 22.6. The standard InChI is InChI=1S/C32H29N3O5/c1-5-9-23-15-22(17-28(39-6-2)29(23)40-19-25-11-8-7-10-24(25)18-33)16-27-30(36)34-32(38)35(31(27)37)26-13-20(3)12-21(4)14-26/h5,7-8,10-17H,1,6,9,19H2,2-4H3,(H,34,36,38)/b27-16+. The molecule has 0 aromatic heterocycles. The van der Waals surface area contributed by atoms with Gasteiger partial charge in [0.05, 0.1) is 23.9 Å². The van der Waals surface area contributed by atoms with E-state index >= 15 is 0 Å². The quantitative estimate of drug-likeness (QED) is 0.219. The molecule has 1 heterocycles. The highest BCUT2D eigenvalue weighted by atomic mass is 16.5. The van der Waals surface area contributed by atoms with Gasteiger partial charge in [-0.15, -0.1) is 6.58 Å². The van der Waals surface area contributed by atoms with Crippen molar-refractivity contribution in [2.75, 3.05) is 11.5 Å². The van der Waals surface area contributed by atoms with E-state index in [1.165, 1.54) is 6.08 Å². The Hall–Kier alpha value is -5.16. The molecular formula is C32H29N3O5. The molecule has 0 aliphatic carbocycles. The van der Waals surface area contributed by atoms with Crippen molar-refractivity contribution in [3.05, 3.63) is 106 Å². The molecule has 3 aromatic carbocycles. The first-order valence-electron chi connectivity index (χ1n) is 12.8. The number of carbonyl (C=O) groups is 3. The zero-order chi connectivity index (χ0) is 28.8. The minimum atomic E-state index is -0.805. The first-order chi connectivity index (χ1) is 19.2. The number of aryl methyl sites for hydroxylation is 2. The molecule has 0 saturated carbocycles. The topological polar surface area (TPSA) is 109 Å². The van der Waals surface area contributed by atoms with Crippen LogP contribution in [0.1, 0.15) is 40.3 Å². The smallest absolute Gasteiger partial charge is 0.335 e. The molecule has 4 rings (SSSR count). The monoisotopic (exact) mass is 535 g/mol. The van der Waals surface area contributed by atoms with Crippen LogP contribution in [0.15, 0.2) is 72.8 Å². The van der Waals surface area contributed by atoms with Gasteiger partial charge in [0.15, 0.2) is 11.5 Å². The van der Waals surface area contributed by atoms with Crippen LogP contribution in [0.2, 0.25) is 0 Å². The number of nitriles is 1. The summed E-state index contributed by atoms with van der Waals surface area (Å²) >= 11 is 0. The summed E-state index contributed by atoms with van der Waals surface area (Å²) in [5.41, 5.74) is 4.40. The lowest BCUT2D eigenvalue weighted by atomic mass is 10.0. The maximum absolute atomic E-state index is 13.5.